The van der Waals surface area contributed by atoms with Crippen LogP contribution in [0.25, 0.3) is 0 Å². The average molecular weight is 300 g/mol. The molecule has 0 N–H and O–H groups in total. The lowest BCUT2D eigenvalue weighted by atomic mass is 9.96. The Bertz CT molecular complexity index is 472. The summed E-state index contributed by atoms with van der Waals surface area (Å²) in [6.45, 7) is 2.13. The van der Waals surface area contributed by atoms with Crippen LogP contribution in [0.3, 0.4) is 0 Å². The van der Waals surface area contributed by atoms with Gasteiger partial charge in [-0.3, -0.25) is 4.79 Å². The Hall–Kier alpha value is -0.450. The number of carbonyl (C=O) groups is 1. The van der Waals surface area contributed by atoms with Gasteiger partial charge in [0.1, 0.15) is 4.38 Å². The standard InChI is InChI=1S/C13H14ClNOS2/c1-8(9-3-5-10(14)6-4-9)7-11-12(16)15-13(17-2)18-11/h3-6,8,11H,7H2,1-2H3. The largest absolute Gasteiger partial charge is 0.271 e. The van der Waals surface area contributed by atoms with Crippen molar-refractivity contribution in [2.45, 2.75) is 24.5 Å². The molecule has 1 heterocycles. The van der Waals surface area contributed by atoms with E-state index in [1.165, 1.54) is 17.3 Å². The van der Waals surface area contributed by atoms with Crippen LogP contribution in [-0.2, 0) is 4.79 Å². The summed E-state index contributed by atoms with van der Waals surface area (Å²) in [6.07, 6.45) is 2.77. The fourth-order valence-electron chi connectivity index (χ4n) is 1.85. The van der Waals surface area contributed by atoms with Gasteiger partial charge in [0.15, 0.2) is 0 Å². The van der Waals surface area contributed by atoms with Crippen LogP contribution in [0.5, 0.6) is 0 Å². The molecule has 96 valence electrons. The molecule has 5 heteroatoms. The molecule has 2 unspecified atom stereocenters. The molecule has 1 aliphatic heterocycles. The molecule has 0 bridgehead atoms. The summed E-state index contributed by atoms with van der Waals surface area (Å²) < 4.78 is 0.883. The number of rotatable bonds is 3. The number of aliphatic imine (C=N–C) groups is 1. The number of hydrogen-bond acceptors (Lipinski definition) is 3. The Kier molecular flexibility index (Phi) is 4.76. The number of amides is 1. The van der Waals surface area contributed by atoms with E-state index in [0.29, 0.717) is 5.92 Å². The summed E-state index contributed by atoms with van der Waals surface area (Å²) >= 11 is 8.99. The molecular weight excluding hydrogens is 286 g/mol. The van der Waals surface area contributed by atoms with Crippen molar-refractivity contribution in [1.82, 2.24) is 0 Å². The van der Waals surface area contributed by atoms with E-state index in [4.69, 9.17) is 11.6 Å². The minimum absolute atomic E-state index is 0.00478. The highest BCUT2D eigenvalue weighted by molar-refractivity contribution is 8.39. The average Bonchev–Trinajstić information content (AvgIpc) is 2.71. The summed E-state index contributed by atoms with van der Waals surface area (Å²) in [7, 11) is 0. The smallest absolute Gasteiger partial charge is 0.260 e. The van der Waals surface area contributed by atoms with Crippen LogP contribution < -0.4 is 0 Å². The maximum absolute atomic E-state index is 11.7. The fraction of sp³-hybridized carbons (Fsp3) is 0.385. The first-order valence-corrected chi connectivity index (χ1v) is 8.17. The topological polar surface area (TPSA) is 29.4 Å². The lowest BCUT2D eigenvalue weighted by molar-refractivity contribution is -0.117. The molecule has 2 nitrogen and oxygen atoms in total. The van der Waals surface area contributed by atoms with E-state index in [-0.39, 0.29) is 11.2 Å². The van der Waals surface area contributed by atoms with Crippen molar-refractivity contribution in [2.24, 2.45) is 4.99 Å². The van der Waals surface area contributed by atoms with Gasteiger partial charge in [0.2, 0.25) is 0 Å². The molecule has 2 rings (SSSR count). The van der Waals surface area contributed by atoms with E-state index in [1.54, 1.807) is 11.8 Å². The first kappa shape index (κ1) is 14.0. The first-order valence-electron chi connectivity index (χ1n) is 5.69. The predicted octanol–water partition coefficient (Wildman–Crippen LogP) is 4.19. The molecule has 0 aliphatic carbocycles. The van der Waals surface area contributed by atoms with Crippen molar-refractivity contribution >= 4 is 45.4 Å². The predicted molar refractivity (Wildman–Crippen MR) is 81.8 cm³/mol. The Morgan fingerprint density at radius 1 is 1.44 bits per heavy atom. The summed E-state index contributed by atoms with van der Waals surface area (Å²) in [6, 6.07) is 7.82. The molecule has 0 spiro atoms. The fourth-order valence-corrected chi connectivity index (χ4v) is 3.82. The number of nitrogens with zero attached hydrogens (tertiary/aromatic N) is 1. The SMILES string of the molecule is CSC1=NC(=O)C(CC(C)c2ccc(Cl)cc2)S1. The molecule has 0 fully saturated rings. The second kappa shape index (κ2) is 6.13. The van der Waals surface area contributed by atoms with E-state index >= 15 is 0 Å². The second-order valence-electron chi connectivity index (χ2n) is 4.21. The maximum atomic E-state index is 11.7. The van der Waals surface area contributed by atoms with Gasteiger partial charge in [-0.05, 0) is 36.3 Å². The number of carbonyl (C=O) groups excluding carboxylic acids is 1. The highest BCUT2D eigenvalue weighted by Gasteiger charge is 2.29. The summed E-state index contributed by atoms with van der Waals surface area (Å²) in [5.41, 5.74) is 1.21. The Morgan fingerprint density at radius 2 is 2.11 bits per heavy atom. The number of halogens is 1. The van der Waals surface area contributed by atoms with Gasteiger partial charge in [-0.25, -0.2) is 0 Å². The van der Waals surface area contributed by atoms with Gasteiger partial charge >= 0.3 is 0 Å². The minimum Gasteiger partial charge on any atom is -0.271 e. The molecular formula is C13H14ClNOS2. The van der Waals surface area contributed by atoms with Crippen molar-refractivity contribution in [3.63, 3.8) is 0 Å². The third kappa shape index (κ3) is 3.31. The van der Waals surface area contributed by atoms with Gasteiger partial charge in [0.05, 0.1) is 5.25 Å². The number of hydrogen-bond donors (Lipinski definition) is 0. The van der Waals surface area contributed by atoms with E-state index in [2.05, 4.69) is 11.9 Å². The highest BCUT2D eigenvalue weighted by Crippen LogP contribution is 2.34. The molecule has 1 amide bonds. The Labute approximate surface area is 121 Å². The second-order valence-corrected chi connectivity index (χ2v) is 6.90. The van der Waals surface area contributed by atoms with Crippen molar-refractivity contribution in [1.29, 1.82) is 0 Å². The zero-order chi connectivity index (χ0) is 13.1. The zero-order valence-electron chi connectivity index (χ0n) is 10.2. The van der Waals surface area contributed by atoms with Crippen molar-refractivity contribution in [3.8, 4) is 0 Å². The maximum Gasteiger partial charge on any atom is 0.260 e. The van der Waals surface area contributed by atoms with Crippen LogP contribution in [0.2, 0.25) is 5.02 Å². The van der Waals surface area contributed by atoms with Gasteiger partial charge < -0.3 is 0 Å². The number of thioether (sulfide) groups is 2. The van der Waals surface area contributed by atoms with Crippen LogP contribution in [0.4, 0.5) is 0 Å². The molecule has 2 atom stereocenters. The minimum atomic E-state index is -0.0295. The third-order valence-electron chi connectivity index (χ3n) is 2.90. The van der Waals surface area contributed by atoms with Crippen molar-refractivity contribution in [3.05, 3.63) is 34.9 Å². The first-order chi connectivity index (χ1) is 8.60. The zero-order valence-corrected chi connectivity index (χ0v) is 12.6. The summed E-state index contributed by atoms with van der Waals surface area (Å²) in [5.74, 6) is 0.338. The van der Waals surface area contributed by atoms with Crippen LogP contribution in [-0.4, -0.2) is 21.8 Å². The lowest BCUT2D eigenvalue weighted by Gasteiger charge is -2.14. The highest BCUT2D eigenvalue weighted by atomic mass is 35.5. The lowest BCUT2D eigenvalue weighted by Crippen LogP contribution is -2.13. The molecule has 0 saturated heterocycles. The van der Waals surface area contributed by atoms with E-state index in [1.807, 2.05) is 30.5 Å². The Morgan fingerprint density at radius 3 is 2.67 bits per heavy atom. The Balaban J connectivity index is 1.98. The van der Waals surface area contributed by atoms with Gasteiger partial charge in [0.25, 0.3) is 5.91 Å². The molecule has 0 saturated carbocycles. The van der Waals surface area contributed by atoms with Crippen molar-refractivity contribution < 1.29 is 4.79 Å². The van der Waals surface area contributed by atoms with E-state index in [0.717, 1.165) is 15.8 Å². The molecule has 0 radical (unpaired) electrons. The summed E-state index contributed by atoms with van der Waals surface area (Å²) in [4.78, 5) is 15.8. The third-order valence-corrected chi connectivity index (χ3v) is 5.35. The van der Waals surface area contributed by atoms with Crippen LogP contribution >= 0.6 is 35.1 Å². The normalized spacial score (nSPS) is 20.9. The monoisotopic (exact) mass is 299 g/mol. The van der Waals surface area contributed by atoms with Gasteiger partial charge in [-0.1, -0.05) is 42.4 Å². The van der Waals surface area contributed by atoms with E-state index < -0.39 is 0 Å². The van der Waals surface area contributed by atoms with E-state index in [9.17, 15) is 4.79 Å². The number of benzene rings is 1. The molecule has 1 aromatic rings. The van der Waals surface area contributed by atoms with Crippen LogP contribution in [0.15, 0.2) is 29.3 Å². The molecule has 18 heavy (non-hydrogen) atoms. The van der Waals surface area contributed by atoms with Crippen molar-refractivity contribution in [2.75, 3.05) is 6.26 Å². The molecule has 1 aromatic carbocycles. The molecule has 0 aromatic heterocycles. The van der Waals surface area contributed by atoms with Gasteiger partial charge in [-0.15, -0.1) is 11.8 Å². The van der Waals surface area contributed by atoms with Gasteiger partial charge in [0, 0.05) is 5.02 Å². The van der Waals surface area contributed by atoms with Crippen LogP contribution in [0, 0.1) is 0 Å². The summed E-state index contributed by atoms with van der Waals surface area (Å²) in [5, 5.41) is 0.711. The van der Waals surface area contributed by atoms with Gasteiger partial charge in [-0.2, -0.15) is 4.99 Å². The molecule has 1 aliphatic rings. The quantitative estimate of drug-likeness (QED) is 0.838. The van der Waals surface area contributed by atoms with Crippen LogP contribution in [0.1, 0.15) is 24.8 Å².